The number of hydrogen-bond acceptors (Lipinski definition) is 4. The fourth-order valence-electron chi connectivity index (χ4n) is 3.19. The monoisotopic (exact) mass is 428 g/mol. The van der Waals surface area contributed by atoms with Crippen molar-refractivity contribution in [1.82, 2.24) is 9.78 Å². The van der Waals surface area contributed by atoms with Gasteiger partial charge >= 0.3 is 6.18 Å². The normalized spacial score (nSPS) is 18.8. The Balaban J connectivity index is 1.69. The average molecular weight is 428 g/mol. The number of anilines is 2. The van der Waals surface area contributed by atoms with E-state index in [0.717, 1.165) is 23.0 Å². The fraction of sp³-hybridized carbons (Fsp3) is 0.222. The predicted octanol–water partition coefficient (Wildman–Crippen LogP) is 5.14. The molecule has 3 aromatic rings. The molecule has 0 aliphatic carbocycles. The van der Waals surface area contributed by atoms with Gasteiger partial charge < -0.3 is 10.6 Å². The molecule has 1 aromatic carbocycles. The molecule has 0 unspecified atom stereocenters. The molecule has 2 aromatic heterocycles. The summed E-state index contributed by atoms with van der Waals surface area (Å²) in [5.74, 6) is -2.80. The summed E-state index contributed by atoms with van der Waals surface area (Å²) in [5.41, 5.74) is -0.474. The molecule has 1 amide bonds. The Bertz CT molecular complexity index is 1050. The number of fused-ring (bicyclic) bond motifs is 1. The molecule has 0 radical (unpaired) electrons. The molecule has 2 N–H and O–H groups in total. The second kappa shape index (κ2) is 7.14. The van der Waals surface area contributed by atoms with Gasteiger partial charge in [0.05, 0.1) is 17.9 Å². The SMILES string of the molecule is O=C(Nc1ccc(F)cc1F)c1cnn2c1N[C@@H](c1cccs1)C[C@H]2C(F)(F)F. The molecule has 2 atom stereocenters. The van der Waals surface area contributed by atoms with Crippen molar-refractivity contribution in [1.29, 1.82) is 0 Å². The summed E-state index contributed by atoms with van der Waals surface area (Å²) in [6.07, 6.45) is -3.86. The van der Waals surface area contributed by atoms with Gasteiger partial charge in [-0.3, -0.25) is 4.79 Å². The van der Waals surface area contributed by atoms with E-state index in [9.17, 15) is 26.7 Å². The lowest BCUT2D eigenvalue weighted by Gasteiger charge is -2.33. The first kappa shape index (κ1) is 19.4. The molecule has 0 fully saturated rings. The van der Waals surface area contributed by atoms with E-state index in [-0.39, 0.29) is 23.5 Å². The molecule has 0 spiro atoms. The average Bonchev–Trinajstić information content (AvgIpc) is 3.31. The first-order valence-electron chi connectivity index (χ1n) is 8.44. The van der Waals surface area contributed by atoms with Gasteiger partial charge in [0.15, 0.2) is 6.04 Å². The van der Waals surface area contributed by atoms with Gasteiger partial charge in [0.25, 0.3) is 5.91 Å². The lowest BCUT2D eigenvalue weighted by Crippen LogP contribution is -2.36. The van der Waals surface area contributed by atoms with E-state index in [1.165, 1.54) is 11.3 Å². The van der Waals surface area contributed by atoms with Gasteiger partial charge in [0.2, 0.25) is 0 Å². The van der Waals surface area contributed by atoms with Gasteiger partial charge in [-0.15, -0.1) is 11.3 Å². The highest BCUT2D eigenvalue weighted by atomic mass is 32.1. The number of carbonyl (C=O) groups is 1. The van der Waals surface area contributed by atoms with E-state index < -0.39 is 35.8 Å². The molecule has 0 saturated carbocycles. The van der Waals surface area contributed by atoms with Crippen LogP contribution in [0.2, 0.25) is 0 Å². The maximum Gasteiger partial charge on any atom is 0.410 e. The number of carbonyl (C=O) groups excluding carboxylic acids is 1. The molecule has 11 heteroatoms. The van der Waals surface area contributed by atoms with Gasteiger partial charge in [0.1, 0.15) is 23.0 Å². The number of aromatic nitrogens is 2. The highest BCUT2D eigenvalue weighted by Crippen LogP contribution is 2.45. The number of amides is 1. The number of nitrogens with one attached hydrogen (secondary N) is 2. The zero-order valence-corrected chi connectivity index (χ0v) is 15.3. The van der Waals surface area contributed by atoms with Crippen molar-refractivity contribution in [3.63, 3.8) is 0 Å². The Labute approximate surface area is 165 Å². The molecular formula is C18H13F5N4OS. The first-order chi connectivity index (χ1) is 13.7. The van der Waals surface area contributed by atoms with E-state index in [1.807, 2.05) is 0 Å². The van der Waals surface area contributed by atoms with E-state index in [4.69, 9.17) is 0 Å². The second-order valence-corrected chi connectivity index (χ2v) is 7.41. The summed E-state index contributed by atoms with van der Waals surface area (Å²) in [6.45, 7) is 0. The van der Waals surface area contributed by atoms with Crippen molar-refractivity contribution >= 4 is 28.7 Å². The molecule has 1 aliphatic rings. The van der Waals surface area contributed by atoms with Gasteiger partial charge in [-0.25, -0.2) is 13.5 Å². The number of halogens is 5. The Morgan fingerprint density at radius 3 is 2.72 bits per heavy atom. The summed E-state index contributed by atoms with van der Waals surface area (Å²) in [6, 6.07) is 3.41. The van der Waals surface area contributed by atoms with Crippen molar-refractivity contribution in [3.8, 4) is 0 Å². The summed E-state index contributed by atoms with van der Waals surface area (Å²) in [4.78, 5) is 13.3. The van der Waals surface area contributed by atoms with Crippen molar-refractivity contribution in [2.24, 2.45) is 0 Å². The van der Waals surface area contributed by atoms with Crippen LogP contribution in [0.15, 0.2) is 41.9 Å². The van der Waals surface area contributed by atoms with Crippen molar-refractivity contribution < 1.29 is 26.7 Å². The number of hydrogen-bond donors (Lipinski definition) is 2. The zero-order chi connectivity index (χ0) is 20.8. The molecule has 1 aliphatic heterocycles. The van der Waals surface area contributed by atoms with E-state index in [0.29, 0.717) is 10.9 Å². The quantitative estimate of drug-likeness (QED) is 0.569. The van der Waals surface area contributed by atoms with Gasteiger partial charge in [-0.1, -0.05) is 6.07 Å². The largest absolute Gasteiger partial charge is 0.410 e. The van der Waals surface area contributed by atoms with Crippen LogP contribution < -0.4 is 10.6 Å². The molecule has 4 rings (SSSR count). The highest BCUT2D eigenvalue weighted by Gasteiger charge is 2.47. The third-order valence-corrected chi connectivity index (χ3v) is 5.53. The van der Waals surface area contributed by atoms with Crippen molar-refractivity contribution in [2.45, 2.75) is 24.7 Å². The van der Waals surface area contributed by atoms with E-state index in [1.54, 1.807) is 17.5 Å². The van der Waals surface area contributed by atoms with Crippen LogP contribution in [0.25, 0.3) is 0 Å². The first-order valence-corrected chi connectivity index (χ1v) is 9.32. The molecule has 5 nitrogen and oxygen atoms in total. The minimum absolute atomic E-state index is 0.114. The Kier molecular flexibility index (Phi) is 4.77. The molecule has 0 saturated heterocycles. The van der Waals surface area contributed by atoms with Crippen LogP contribution in [-0.2, 0) is 0 Å². The van der Waals surface area contributed by atoms with E-state index >= 15 is 0 Å². The fourth-order valence-corrected chi connectivity index (χ4v) is 3.98. The van der Waals surface area contributed by atoms with Crippen LogP contribution in [0.5, 0.6) is 0 Å². The third-order valence-electron chi connectivity index (χ3n) is 4.55. The lowest BCUT2D eigenvalue weighted by atomic mass is 10.0. The molecule has 152 valence electrons. The number of rotatable bonds is 3. The Morgan fingerprint density at radius 2 is 2.07 bits per heavy atom. The third kappa shape index (κ3) is 3.69. The Morgan fingerprint density at radius 1 is 1.28 bits per heavy atom. The van der Waals surface area contributed by atoms with Gasteiger partial charge in [0, 0.05) is 17.4 Å². The predicted molar refractivity (Wildman–Crippen MR) is 96.9 cm³/mol. The number of alkyl halides is 3. The molecule has 0 bridgehead atoms. The molecule has 3 heterocycles. The smallest absolute Gasteiger partial charge is 0.362 e. The standard InChI is InChI=1S/C18H13F5N4OS/c19-9-3-4-12(11(20)6-9)26-17(28)10-8-24-27-15(18(21,22)23)7-13(25-16(10)27)14-2-1-5-29-14/h1-6,8,13,15,25H,7H2,(H,26,28)/t13-,15+/m1/s1. The van der Waals surface area contributed by atoms with Crippen molar-refractivity contribution in [3.05, 3.63) is 64.0 Å². The summed E-state index contributed by atoms with van der Waals surface area (Å²) in [7, 11) is 0. The lowest BCUT2D eigenvalue weighted by molar-refractivity contribution is -0.173. The minimum atomic E-state index is -4.57. The minimum Gasteiger partial charge on any atom is -0.362 e. The van der Waals surface area contributed by atoms with Crippen molar-refractivity contribution in [2.75, 3.05) is 10.6 Å². The number of nitrogens with zero attached hydrogens (tertiary/aromatic N) is 2. The van der Waals surface area contributed by atoms with Crippen LogP contribution in [-0.4, -0.2) is 21.9 Å². The van der Waals surface area contributed by atoms with Crippen LogP contribution >= 0.6 is 11.3 Å². The molecular weight excluding hydrogens is 415 g/mol. The molecule has 29 heavy (non-hydrogen) atoms. The van der Waals surface area contributed by atoms with Gasteiger partial charge in [-0.2, -0.15) is 18.3 Å². The summed E-state index contributed by atoms with van der Waals surface area (Å²) < 4.78 is 68.4. The maximum atomic E-state index is 13.8. The summed E-state index contributed by atoms with van der Waals surface area (Å²) >= 11 is 1.29. The number of benzene rings is 1. The summed E-state index contributed by atoms with van der Waals surface area (Å²) in [5, 5.41) is 10.7. The number of thiophene rings is 1. The Hall–Kier alpha value is -2.95. The highest BCUT2D eigenvalue weighted by molar-refractivity contribution is 7.10. The van der Waals surface area contributed by atoms with E-state index in [2.05, 4.69) is 15.7 Å². The van der Waals surface area contributed by atoms with Crippen LogP contribution in [0.3, 0.4) is 0 Å². The second-order valence-electron chi connectivity index (χ2n) is 6.44. The van der Waals surface area contributed by atoms with Gasteiger partial charge in [-0.05, 0) is 23.6 Å². The van der Waals surface area contributed by atoms with Crippen LogP contribution in [0.4, 0.5) is 33.5 Å². The van der Waals surface area contributed by atoms with Crippen LogP contribution in [0.1, 0.15) is 33.7 Å². The topological polar surface area (TPSA) is 59.0 Å². The van der Waals surface area contributed by atoms with Crippen LogP contribution in [0, 0.1) is 11.6 Å². The maximum absolute atomic E-state index is 13.8. The zero-order valence-electron chi connectivity index (χ0n) is 14.5.